The summed E-state index contributed by atoms with van der Waals surface area (Å²) in [7, 11) is 0. The van der Waals surface area contributed by atoms with Gasteiger partial charge in [0.1, 0.15) is 0 Å². The Morgan fingerprint density at radius 1 is 1.12 bits per heavy atom. The zero-order chi connectivity index (χ0) is 11.2. The third-order valence-electron chi connectivity index (χ3n) is 2.06. The lowest BCUT2D eigenvalue weighted by atomic mass is 10.3. The van der Waals surface area contributed by atoms with E-state index in [2.05, 4.69) is 20.3 Å². The van der Waals surface area contributed by atoms with E-state index in [-0.39, 0.29) is 6.61 Å². The van der Waals surface area contributed by atoms with Crippen molar-refractivity contribution in [3.05, 3.63) is 48.0 Å². The maximum Gasteiger partial charge on any atom is 0.222 e. The van der Waals surface area contributed by atoms with Crippen LogP contribution >= 0.6 is 0 Å². The lowest BCUT2D eigenvalue weighted by Crippen LogP contribution is -2.04. The molecule has 0 atom stereocenters. The van der Waals surface area contributed by atoms with Crippen LogP contribution in [-0.4, -0.2) is 20.1 Å². The van der Waals surface area contributed by atoms with Crippen molar-refractivity contribution in [2.45, 2.75) is 13.2 Å². The van der Waals surface area contributed by atoms with Gasteiger partial charge in [0.25, 0.3) is 0 Å². The Morgan fingerprint density at radius 2 is 1.94 bits per heavy atom. The van der Waals surface area contributed by atoms with E-state index in [1.54, 1.807) is 24.8 Å². The van der Waals surface area contributed by atoms with E-state index in [0.717, 1.165) is 5.56 Å². The van der Waals surface area contributed by atoms with Gasteiger partial charge in [0.05, 0.1) is 6.61 Å². The molecule has 2 N–H and O–H groups in total. The fourth-order valence-electron chi connectivity index (χ4n) is 1.21. The summed E-state index contributed by atoms with van der Waals surface area (Å²) in [6.45, 7) is 0.592. The van der Waals surface area contributed by atoms with Crippen LogP contribution in [-0.2, 0) is 13.2 Å². The highest BCUT2D eigenvalue weighted by atomic mass is 16.3. The number of aliphatic hydroxyl groups excluding tert-OH is 1. The summed E-state index contributed by atoms with van der Waals surface area (Å²) in [4.78, 5) is 12.1. The Hall–Kier alpha value is -2.01. The average Bonchev–Trinajstić information content (AvgIpc) is 2.38. The van der Waals surface area contributed by atoms with Crippen molar-refractivity contribution in [2.24, 2.45) is 0 Å². The molecular formula is C11H12N4O. The van der Waals surface area contributed by atoms with E-state index in [0.29, 0.717) is 18.1 Å². The van der Waals surface area contributed by atoms with Gasteiger partial charge < -0.3 is 10.4 Å². The van der Waals surface area contributed by atoms with Crippen molar-refractivity contribution in [2.75, 3.05) is 5.32 Å². The van der Waals surface area contributed by atoms with Gasteiger partial charge in [-0.2, -0.15) is 0 Å². The molecule has 0 saturated carbocycles. The summed E-state index contributed by atoms with van der Waals surface area (Å²) in [5, 5.41) is 11.9. The van der Waals surface area contributed by atoms with Crippen molar-refractivity contribution < 1.29 is 5.11 Å². The van der Waals surface area contributed by atoms with Crippen molar-refractivity contribution in [1.29, 1.82) is 0 Å². The van der Waals surface area contributed by atoms with Crippen LogP contribution in [0.2, 0.25) is 0 Å². The van der Waals surface area contributed by atoms with Crippen molar-refractivity contribution in [1.82, 2.24) is 15.0 Å². The van der Waals surface area contributed by atoms with Gasteiger partial charge in [-0.25, -0.2) is 9.97 Å². The zero-order valence-corrected chi connectivity index (χ0v) is 8.67. The molecule has 0 aliphatic heterocycles. The number of nitrogens with one attached hydrogen (secondary N) is 1. The highest BCUT2D eigenvalue weighted by Gasteiger charge is 1.97. The first-order valence-electron chi connectivity index (χ1n) is 4.93. The number of hydrogen-bond acceptors (Lipinski definition) is 5. The molecule has 2 rings (SSSR count). The summed E-state index contributed by atoms with van der Waals surface area (Å²) in [6.07, 6.45) is 6.71. The molecule has 0 bridgehead atoms. The highest BCUT2D eigenvalue weighted by Crippen LogP contribution is 2.03. The van der Waals surface area contributed by atoms with E-state index in [9.17, 15) is 0 Å². The maximum absolute atomic E-state index is 8.83. The molecule has 0 aliphatic carbocycles. The molecule has 2 aromatic rings. The van der Waals surface area contributed by atoms with E-state index >= 15 is 0 Å². The number of anilines is 1. The standard InChI is InChI=1S/C11H12N4O/c16-8-10-6-14-11(15-7-10)13-5-9-2-1-3-12-4-9/h1-4,6-7,16H,5,8H2,(H,13,14,15). The Kier molecular flexibility index (Phi) is 3.40. The number of nitrogens with zero attached hydrogens (tertiary/aromatic N) is 3. The van der Waals surface area contributed by atoms with E-state index in [1.165, 1.54) is 0 Å². The van der Waals surface area contributed by atoms with Gasteiger partial charge in [-0.1, -0.05) is 6.07 Å². The van der Waals surface area contributed by atoms with Gasteiger partial charge in [-0.15, -0.1) is 0 Å². The second-order valence-corrected chi connectivity index (χ2v) is 3.29. The van der Waals surface area contributed by atoms with Crippen LogP contribution < -0.4 is 5.32 Å². The number of aromatic nitrogens is 3. The predicted molar refractivity (Wildman–Crippen MR) is 59.5 cm³/mol. The van der Waals surface area contributed by atoms with Crippen LogP contribution in [0.1, 0.15) is 11.1 Å². The normalized spacial score (nSPS) is 10.1. The number of hydrogen-bond donors (Lipinski definition) is 2. The topological polar surface area (TPSA) is 70.9 Å². The quantitative estimate of drug-likeness (QED) is 0.797. The van der Waals surface area contributed by atoms with Gasteiger partial charge in [0, 0.05) is 36.9 Å². The van der Waals surface area contributed by atoms with Crippen LogP contribution in [0, 0.1) is 0 Å². The molecule has 82 valence electrons. The Labute approximate surface area is 93.2 Å². The van der Waals surface area contributed by atoms with Gasteiger partial charge >= 0.3 is 0 Å². The molecule has 5 nitrogen and oxygen atoms in total. The second kappa shape index (κ2) is 5.18. The van der Waals surface area contributed by atoms with Gasteiger partial charge in [0.15, 0.2) is 0 Å². The van der Waals surface area contributed by atoms with Crippen LogP contribution in [0.5, 0.6) is 0 Å². The summed E-state index contributed by atoms with van der Waals surface area (Å²) >= 11 is 0. The molecule has 0 aromatic carbocycles. The van der Waals surface area contributed by atoms with E-state index in [4.69, 9.17) is 5.11 Å². The molecule has 2 heterocycles. The van der Waals surface area contributed by atoms with Gasteiger partial charge in [0.2, 0.25) is 5.95 Å². The third-order valence-corrected chi connectivity index (χ3v) is 2.06. The lowest BCUT2D eigenvalue weighted by Gasteiger charge is -2.04. The molecule has 2 aromatic heterocycles. The zero-order valence-electron chi connectivity index (χ0n) is 8.67. The summed E-state index contributed by atoms with van der Waals surface area (Å²) < 4.78 is 0. The monoisotopic (exact) mass is 216 g/mol. The molecule has 0 radical (unpaired) electrons. The molecule has 16 heavy (non-hydrogen) atoms. The fourth-order valence-corrected chi connectivity index (χ4v) is 1.21. The van der Waals surface area contributed by atoms with Crippen LogP contribution in [0.4, 0.5) is 5.95 Å². The largest absolute Gasteiger partial charge is 0.392 e. The summed E-state index contributed by atoms with van der Waals surface area (Å²) in [5.41, 5.74) is 1.77. The summed E-state index contributed by atoms with van der Waals surface area (Å²) in [6, 6.07) is 3.86. The maximum atomic E-state index is 8.83. The molecule has 0 amide bonds. The molecular weight excluding hydrogens is 204 g/mol. The first-order valence-corrected chi connectivity index (χ1v) is 4.93. The fraction of sp³-hybridized carbons (Fsp3) is 0.182. The smallest absolute Gasteiger partial charge is 0.222 e. The van der Waals surface area contributed by atoms with Crippen LogP contribution in [0.3, 0.4) is 0 Å². The van der Waals surface area contributed by atoms with Gasteiger partial charge in [-0.3, -0.25) is 4.98 Å². The summed E-state index contributed by atoms with van der Waals surface area (Å²) in [5.74, 6) is 0.543. The van der Waals surface area contributed by atoms with Crippen molar-refractivity contribution in [3.63, 3.8) is 0 Å². The van der Waals surface area contributed by atoms with E-state index < -0.39 is 0 Å². The minimum absolute atomic E-state index is 0.0388. The Balaban J connectivity index is 1.94. The third kappa shape index (κ3) is 2.74. The predicted octanol–water partition coefficient (Wildman–Crippen LogP) is 0.976. The van der Waals surface area contributed by atoms with Crippen molar-refractivity contribution >= 4 is 5.95 Å². The Morgan fingerprint density at radius 3 is 2.56 bits per heavy atom. The molecule has 0 spiro atoms. The number of rotatable bonds is 4. The average molecular weight is 216 g/mol. The minimum Gasteiger partial charge on any atom is -0.392 e. The second-order valence-electron chi connectivity index (χ2n) is 3.29. The minimum atomic E-state index is -0.0388. The molecule has 0 unspecified atom stereocenters. The molecule has 5 heteroatoms. The first-order chi connectivity index (χ1) is 7.88. The van der Waals surface area contributed by atoms with Crippen molar-refractivity contribution in [3.8, 4) is 0 Å². The molecule has 0 fully saturated rings. The number of aliphatic hydroxyl groups is 1. The molecule has 0 saturated heterocycles. The number of pyridine rings is 1. The van der Waals surface area contributed by atoms with Crippen LogP contribution in [0.15, 0.2) is 36.9 Å². The SMILES string of the molecule is OCc1cnc(NCc2cccnc2)nc1. The van der Waals surface area contributed by atoms with Gasteiger partial charge in [-0.05, 0) is 11.6 Å². The highest BCUT2D eigenvalue weighted by molar-refractivity contribution is 5.26. The molecule has 0 aliphatic rings. The van der Waals surface area contributed by atoms with Crippen LogP contribution in [0.25, 0.3) is 0 Å². The first kappa shape index (κ1) is 10.5. The Bertz CT molecular complexity index is 429. The lowest BCUT2D eigenvalue weighted by molar-refractivity contribution is 0.281. The van der Waals surface area contributed by atoms with E-state index in [1.807, 2.05) is 12.1 Å².